The van der Waals surface area contributed by atoms with Crippen LogP contribution in [0.5, 0.6) is 0 Å². The Morgan fingerprint density at radius 3 is 2.79 bits per heavy atom. The predicted octanol–water partition coefficient (Wildman–Crippen LogP) is 1.34. The van der Waals surface area contributed by atoms with Crippen LogP contribution in [0.4, 0.5) is 0 Å². The molecule has 0 bridgehead atoms. The topological polar surface area (TPSA) is 80.5 Å². The molecule has 0 saturated carbocycles. The van der Waals surface area contributed by atoms with E-state index in [1.165, 1.54) is 4.31 Å². The fraction of sp³-hybridized carbons (Fsp3) is 0.417. The number of nitrogens with zero attached hydrogens (tertiary/aromatic N) is 1. The van der Waals surface area contributed by atoms with Gasteiger partial charge in [0.2, 0.25) is 15.9 Å². The van der Waals surface area contributed by atoms with E-state index in [1.54, 1.807) is 24.3 Å². The average molecular weight is 347 g/mol. The molecule has 7 heteroatoms. The number of piperidine rings is 1. The highest BCUT2D eigenvalue weighted by Crippen LogP contribution is 2.25. The van der Waals surface area contributed by atoms with Gasteiger partial charge in [-0.2, -0.15) is 4.31 Å². The van der Waals surface area contributed by atoms with Gasteiger partial charge in [0.25, 0.3) is 0 Å². The van der Waals surface area contributed by atoms with Crippen molar-refractivity contribution >= 4 is 31.9 Å². The van der Waals surface area contributed by atoms with Crippen LogP contribution in [-0.4, -0.2) is 31.7 Å². The van der Waals surface area contributed by atoms with Gasteiger partial charge in [-0.05, 0) is 31.0 Å². The summed E-state index contributed by atoms with van der Waals surface area (Å²) >= 11 is 3.26. The first-order valence-corrected chi connectivity index (χ1v) is 8.19. The molecule has 1 amide bonds. The van der Waals surface area contributed by atoms with E-state index in [0.717, 1.165) is 0 Å². The first-order valence-electron chi connectivity index (χ1n) is 5.96. The predicted molar refractivity (Wildman–Crippen MR) is 74.8 cm³/mol. The Kier molecular flexibility index (Phi) is 4.27. The lowest BCUT2D eigenvalue weighted by Gasteiger charge is -2.30. The molecule has 1 aliphatic heterocycles. The normalized spacial score (nSPS) is 21.2. The van der Waals surface area contributed by atoms with E-state index >= 15 is 0 Å². The number of carbonyl (C=O) groups excluding carboxylic acids is 1. The molecule has 0 aliphatic carbocycles. The lowest BCUT2D eigenvalue weighted by Crippen LogP contribution is -2.44. The minimum Gasteiger partial charge on any atom is -0.369 e. The quantitative estimate of drug-likeness (QED) is 0.896. The van der Waals surface area contributed by atoms with Crippen LogP contribution >= 0.6 is 15.9 Å². The van der Waals surface area contributed by atoms with Gasteiger partial charge in [0.05, 0.1) is 10.8 Å². The summed E-state index contributed by atoms with van der Waals surface area (Å²) in [5, 5.41) is 0. The molecular formula is C12H15BrN2O3S. The summed E-state index contributed by atoms with van der Waals surface area (Å²) in [5.41, 5.74) is 5.27. The molecule has 19 heavy (non-hydrogen) atoms. The molecule has 1 aromatic carbocycles. The fourth-order valence-electron chi connectivity index (χ4n) is 2.17. The van der Waals surface area contributed by atoms with Gasteiger partial charge in [0.15, 0.2) is 0 Å². The van der Waals surface area contributed by atoms with E-state index in [9.17, 15) is 13.2 Å². The largest absolute Gasteiger partial charge is 0.369 e. The summed E-state index contributed by atoms with van der Waals surface area (Å²) in [4.78, 5) is 11.4. The minimum absolute atomic E-state index is 0.171. The minimum atomic E-state index is -3.56. The zero-order valence-electron chi connectivity index (χ0n) is 10.3. The molecule has 0 spiro atoms. The Morgan fingerprint density at radius 2 is 2.16 bits per heavy atom. The second kappa shape index (κ2) is 5.60. The summed E-state index contributed by atoms with van der Waals surface area (Å²) in [6.45, 7) is 0.600. The highest BCUT2D eigenvalue weighted by atomic mass is 79.9. The van der Waals surface area contributed by atoms with E-state index in [-0.39, 0.29) is 11.4 Å². The van der Waals surface area contributed by atoms with Gasteiger partial charge in [-0.1, -0.05) is 22.0 Å². The van der Waals surface area contributed by atoms with Gasteiger partial charge in [-0.15, -0.1) is 0 Å². The highest BCUT2D eigenvalue weighted by molar-refractivity contribution is 9.10. The molecule has 104 valence electrons. The number of sulfonamides is 1. The molecule has 1 fully saturated rings. The van der Waals surface area contributed by atoms with Crippen LogP contribution in [0, 0.1) is 5.92 Å². The smallest absolute Gasteiger partial charge is 0.243 e. The van der Waals surface area contributed by atoms with Crippen molar-refractivity contribution in [3.63, 3.8) is 0 Å². The SMILES string of the molecule is NC(=O)[C@@H]1CCCN(S(=O)(=O)c2cccc(Br)c2)C1. The Hall–Kier alpha value is -0.920. The molecule has 0 unspecified atom stereocenters. The molecule has 1 aromatic rings. The lowest BCUT2D eigenvalue weighted by atomic mass is 9.99. The van der Waals surface area contributed by atoms with Crippen molar-refractivity contribution in [2.24, 2.45) is 11.7 Å². The van der Waals surface area contributed by atoms with E-state index in [0.29, 0.717) is 23.9 Å². The van der Waals surface area contributed by atoms with E-state index in [2.05, 4.69) is 15.9 Å². The maximum absolute atomic E-state index is 12.5. The Bertz CT molecular complexity index is 588. The van der Waals surface area contributed by atoms with E-state index < -0.39 is 21.8 Å². The van der Waals surface area contributed by atoms with E-state index in [1.807, 2.05) is 0 Å². The van der Waals surface area contributed by atoms with Crippen LogP contribution in [-0.2, 0) is 14.8 Å². The third kappa shape index (κ3) is 3.16. The van der Waals surface area contributed by atoms with E-state index in [4.69, 9.17) is 5.73 Å². The van der Waals surface area contributed by atoms with Crippen molar-refractivity contribution in [3.8, 4) is 0 Å². The summed E-state index contributed by atoms with van der Waals surface area (Å²) in [5.74, 6) is -0.829. The maximum Gasteiger partial charge on any atom is 0.243 e. The maximum atomic E-state index is 12.5. The van der Waals surface area contributed by atoms with Gasteiger partial charge < -0.3 is 5.73 Å². The van der Waals surface area contributed by atoms with Gasteiger partial charge in [0.1, 0.15) is 0 Å². The van der Waals surface area contributed by atoms with Gasteiger partial charge in [0, 0.05) is 17.6 Å². The Morgan fingerprint density at radius 1 is 1.42 bits per heavy atom. The second-order valence-electron chi connectivity index (χ2n) is 4.56. The molecule has 1 aliphatic rings. The number of nitrogens with two attached hydrogens (primary N) is 1. The number of primary amides is 1. The average Bonchev–Trinajstić information content (AvgIpc) is 2.39. The van der Waals surface area contributed by atoms with Crippen LogP contribution in [0.1, 0.15) is 12.8 Å². The monoisotopic (exact) mass is 346 g/mol. The van der Waals surface area contributed by atoms with Crippen LogP contribution in [0.15, 0.2) is 33.6 Å². The zero-order valence-corrected chi connectivity index (χ0v) is 12.7. The Labute approximate surface area is 121 Å². The molecule has 2 N–H and O–H groups in total. The molecule has 2 rings (SSSR count). The standard InChI is InChI=1S/C12H15BrN2O3S/c13-10-4-1-5-11(7-10)19(17,18)15-6-2-3-9(8-15)12(14)16/h1,4-5,7,9H,2-3,6,8H2,(H2,14,16)/t9-/m1/s1. The van der Waals surface area contributed by atoms with Crippen LogP contribution in [0.2, 0.25) is 0 Å². The number of benzene rings is 1. The van der Waals surface area contributed by atoms with Crippen molar-refractivity contribution < 1.29 is 13.2 Å². The number of hydrogen-bond donors (Lipinski definition) is 1. The molecule has 0 radical (unpaired) electrons. The molecule has 5 nitrogen and oxygen atoms in total. The first-order chi connectivity index (χ1) is 8.91. The van der Waals surface area contributed by atoms with Crippen molar-refractivity contribution in [1.82, 2.24) is 4.31 Å². The van der Waals surface area contributed by atoms with Crippen LogP contribution in [0.3, 0.4) is 0 Å². The van der Waals surface area contributed by atoms with Gasteiger partial charge >= 0.3 is 0 Å². The van der Waals surface area contributed by atoms with Crippen molar-refractivity contribution in [1.29, 1.82) is 0 Å². The van der Waals surface area contributed by atoms with Crippen LogP contribution < -0.4 is 5.73 Å². The van der Waals surface area contributed by atoms with Gasteiger partial charge in [-0.25, -0.2) is 8.42 Å². The van der Waals surface area contributed by atoms with Crippen LogP contribution in [0.25, 0.3) is 0 Å². The second-order valence-corrected chi connectivity index (χ2v) is 7.42. The zero-order chi connectivity index (χ0) is 14.0. The van der Waals surface area contributed by atoms with Crippen molar-refractivity contribution in [3.05, 3.63) is 28.7 Å². The fourth-order valence-corrected chi connectivity index (χ4v) is 4.29. The first kappa shape index (κ1) is 14.5. The lowest BCUT2D eigenvalue weighted by molar-refractivity contribution is -0.122. The highest BCUT2D eigenvalue weighted by Gasteiger charge is 2.32. The summed E-state index contributed by atoms with van der Waals surface area (Å²) in [6.07, 6.45) is 1.31. The van der Waals surface area contributed by atoms with Crippen molar-refractivity contribution in [2.75, 3.05) is 13.1 Å². The molecule has 0 aromatic heterocycles. The van der Waals surface area contributed by atoms with Crippen molar-refractivity contribution in [2.45, 2.75) is 17.7 Å². The number of amides is 1. The van der Waals surface area contributed by atoms with Gasteiger partial charge in [-0.3, -0.25) is 4.79 Å². The Balaban J connectivity index is 2.27. The summed E-state index contributed by atoms with van der Waals surface area (Å²) in [6, 6.07) is 6.55. The molecule has 1 heterocycles. The summed E-state index contributed by atoms with van der Waals surface area (Å²) in [7, 11) is -3.56. The third-order valence-corrected chi connectivity index (χ3v) is 5.57. The number of carbonyl (C=O) groups is 1. The number of hydrogen-bond acceptors (Lipinski definition) is 3. The number of halogens is 1. The molecule has 1 saturated heterocycles. The molecule has 1 atom stereocenters. The third-order valence-electron chi connectivity index (χ3n) is 3.22. The summed E-state index contributed by atoms with van der Waals surface area (Å²) < 4.78 is 27.0. The molecular weight excluding hydrogens is 332 g/mol. The number of rotatable bonds is 3.